The molecule has 2 atom stereocenters. The predicted octanol–water partition coefficient (Wildman–Crippen LogP) is 3.06. The third-order valence-electron chi connectivity index (χ3n) is 3.09. The maximum Gasteiger partial charge on any atom is 0.330 e. The highest BCUT2D eigenvalue weighted by atomic mass is 28.4. The number of esters is 1. The monoisotopic (exact) mass is 244 g/mol. The van der Waals surface area contributed by atoms with Crippen molar-refractivity contribution in [3.8, 4) is 0 Å². The zero-order valence-corrected chi connectivity index (χ0v) is 11.9. The van der Waals surface area contributed by atoms with Crippen molar-refractivity contribution in [1.82, 2.24) is 0 Å². The van der Waals surface area contributed by atoms with Crippen LogP contribution in [0.3, 0.4) is 0 Å². The second kappa shape index (κ2) is 7.63. The standard InChI is InChI=1S/C12H24O3Si/c1-6-9-10-12(15-11(13)7-2)16(5,8-3)14-4/h7,12H,2,6,8-10H2,1,3-5H3. The molecule has 0 radical (unpaired) electrons. The molecule has 0 N–H and O–H groups in total. The summed E-state index contributed by atoms with van der Waals surface area (Å²) in [5.41, 5.74) is -0.0621. The highest BCUT2D eigenvalue weighted by Gasteiger charge is 2.38. The van der Waals surface area contributed by atoms with E-state index in [-0.39, 0.29) is 11.7 Å². The van der Waals surface area contributed by atoms with E-state index in [1.165, 1.54) is 6.08 Å². The van der Waals surface area contributed by atoms with E-state index in [4.69, 9.17) is 9.16 Å². The summed E-state index contributed by atoms with van der Waals surface area (Å²) in [6.07, 6.45) is 4.26. The average molecular weight is 244 g/mol. The van der Waals surface area contributed by atoms with Gasteiger partial charge in [-0.3, -0.25) is 0 Å². The van der Waals surface area contributed by atoms with Gasteiger partial charge < -0.3 is 9.16 Å². The van der Waals surface area contributed by atoms with Crippen LogP contribution in [0.15, 0.2) is 12.7 Å². The summed E-state index contributed by atoms with van der Waals surface area (Å²) in [6.45, 7) is 9.77. The Balaban J connectivity index is 4.62. The first-order chi connectivity index (χ1) is 7.53. The van der Waals surface area contributed by atoms with Crippen LogP contribution in [-0.4, -0.2) is 27.1 Å². The molecule has 0 spiro atoms. The molecule has 0 heterocycles. The van der Waals surface area contributed by atoms with Gasteiger partial charge in [0.2, 0.25) is 8.32 Å². The van der Waals surface area contributed by atoms with E-state index < -0.39 is 8.32 Å². The molecule has 3 nitrogen and oxygen atoms in total. The Bertz CT molecular complexity index is 224. The maximum atomic E-state index is 11.3. The highest BCUT2D eigenvalue weighted by Crippen LogP contribution is 2.22. The summed E-state index contributed by atoms with van der Waals surface area (Å²) in [7, 11) is -0.215. The van der Waals surface area contributed by atoms with Crippen LogP contribution in [0.5, 0.6) is 0 Å². The normalized spacial score (nSPS) is 16.2. The molecule has 4 heteroatoms. The number of ether oxygens (including phenoxy) is 1. The Hall–Kier alpha value is -0.613. The SMILES string of the molecule is C=CC(=O)OC(CCCC)[Si](C)(CC)OC. The minimum absolute atomic E-state index is 0.0621. The van der Waals surface area contributed by atoms with Crippen molar-refractivity contribution in [2.24, 2.45) is 0 Å². The molecule has 0 saturated carbocycles. The zero-order chi connectivity index (χ0) is 12.6. The lowest BCUT2D eigenvalue weighted by Gasteiger charge is -2.32. The molecule has 94 valence electrons. The van der Waals surface area contributed by atoms with Gasteiger partial charge in [-0.1, -0.05) is 33.3 Å². The van der Waals surface area contributed by atoms with E-state index >= 15 is 0 Å². The van der Waals surface area contributed by atoms with Crippen LogP contribution in [0.4, 0.5) is 0 Å². The van der Waals surface area contributed by atoms with E-state index in [0.717, 1.165) is 25.3 Å². The van der Waals surface area contributed by atoms with Crippen LogP contribution in [0, 0.1) is 0 Å². The van der Waals surface area contributed by atoms with Gasteiger partial charge in [0.25, 0.3) is 0 Å². The molecule has 2 unspecified atom stereocenters. The fourth-order valence-electron chi connectivity index (χ4n) is 1.57. The zero-order valence-electron chi connectivity index (χ0n) is 10.9. The fourth-order valence-corrected chi connectivity index (χ4v) is 3.76. The molecule has 0 rings (SSSR count). The first-order valence-electron chi connectivity index (χ1n) is 5.92. The van der Waals surface area contributed by atoms with Gasteiger partial charge in [-0.15, -0.1) is 0 Å². The van der Waals surface area contributed by atoms with Gasteiger partial charge in [-0.25, -0.2) is 4.79 Å². The molecule has 0 amide bonds. The summed E-state index contributed by atoms with van der Waals surface area (Å²) in [5, 5.41) is 0. The molecule has 0 bridgehead atoms. The second-order valence-electron chi connectivity index (χ2n) is 4.14. The molecule has 0 aliphatic heterocycles. The largest absolute Gasteiger partial charge is 0.460 e. The minimum Gasteiger partial charge on any atom is -0.460 e. The Labute approximate surface area is 100.0 Å². The van der Waals surface area contributed by atoms with E-state index in [1.54, 1.807) is 7.11 Å². The van der Waals surface area contributed by atoms with E-state index in [0.29, 0.717) is 0 Å². The third kappa shape index (κ3) is 4.49. The van der Waals surface area contributed by atoms with E-state index in [1.807, 2.05) is 0 Å². The van der Waals surface area contributed by atoms with Crippen LogP contribution in [0.2, 0.25) is 12.6 Å². The first-order valence-corrected chi connectivity index (χ1v) is 8.61. The quantitative estimate of drug-likeness (QED) is 0.374. The van der Waals surface area contributed by atoms with Crippen molar-refractivity contribution in [2.75, 3.05) is 7.11 Å². The first kappa shape index (κ1) is 15.4. The molecule has 0 aliphatic rings. The van der Waals surface area contributed by atoms with Crippen LogP contribution >= 0.6 is 0 Å². The number of carbonyl (C=O) groups is 1. The van der Waals surface area contributed by atoms with Gasteiger partial charge >= 0.3 is 5.97 Å². The summed E-state index contributed by atoms with van der Waals surface area (Å²) in [5.74, 6) is -0.342. The molecule has 0 aliphatic carbocycles. The molecule has 0 fully saturated rings. The number of unbranched alkanes of at least 4 members (excludes halogenated alkanes) is 1. The highest BCUT2D eigenvalue weighted by molar-refractivity contribution is 6.73. The van der Waals surface area contributed by atoms with Crippen molar-refractivity contribution < 1.29 is 14.0 Å². The van der Waals surface area contributed by atoms with E-state index in [2.05, 4.69) is 27.0 Å². The van der Waals surface area contributed by atoms with Crippen LogP contribution < -0.4 is 0 Å². The molecule has 0 aromatic carbocycles. The molecule has 0 saturated heterocycles. The Morgan fingerprint density at radius 3 is 2.50 bits per heavy atom. The van der Waals surface area contributed by atoms with Gasteiger partial charge in [0.15, 0.2) is 0 Å². The van der Waals surface area contributed by atoms with Gasteiger partial charge in [0, 0.05) is 13.2 Å². The number of hydrogen-bond acceptors (Lipinski definition) is 3. The van der Waals surface area contributed by atoms with Gasteiger partial charge in [0.05, 0.1) is 0 Å². The average Bonchev–Trinajstić information content (AvgIpc) is 2.32. The lowest BCUT2D eigenvalue weighted by Crippen LogP contribution is -2.48. The molecule has 16 heavy (non-hydrogen) atoms. The lowest BCUT2D eigenvalue weighted by atomic mass is 10.3. The second-order valence-corrected chi connectivity index (χ2v) is 8.53. The van der Waals surface area contributed by atoms with E-state index in [9.17, 15) is 4.79 Å². The summed E-state index contributed by atoms with van der Waals surface area (Å²) < 4.78 is 11.0. The Morgan fingerprint density at radius 2 is 2.12 bits per heavy atom. The number of hydrogen-bond donors (Lipinski definition) is 0. The van der Waals surface area contributed by atoms with Crippen molar-refractivity contribution >= 4 is 14.3 Å². The van der Waals surface area contributed by atoms with Crippen molar-refractivity contribution in [1.29, 1.82) is 0 Å². The maximum absolute atomic E-state index is 11.3. The molecule has 0 aromatic heterocycles. The van der Waals surface area contributed by atoms with Crippen LogP contribution in [0.25, 0.3) is 0 Å². The lowest BCUT2D eigenvalue weighted by molar-refractivity contribution is -0.140. The minimum atomic E-state index is -1.93. The van der Waals surface area contributed by atoms with Crippen LogP contribution in [-0.2, 0) is 14.0 Å². The predicted molar refractivity (Wildman–Crippen MR) is 68.7 cm³/mol. The van der Waals surface area contributed by atoms with Gasteiger partial charge in [-0.2, -0.15) is 0 Å². The number of carbonyl (C=O) groups excluding carboxylic acids is 1. The number of rotatable bonds is 8. The molecular formula is C12H24O3Si. The summed E-state index contributed by atoms with van der Waals surface area (Å²) in [4.78, 5) is 11.3. The molecular weight excluding hydrogens is 220 g/mol. The smallest absolute Gasteiger partial charge is 0.330 e. The van der Waals surface area contributed by atoms with Gasteiger partial charge in [-0.05, 0) is 19.0 Å². The fraction of sp³-hybridized carbons (Fsp3) is 0.750. The topological polar surface area (TPSA) is 35.5 Å². The van der Waals surface area contributed by atoms with Crippen LogP contribution in [0.1, 0.15) is 33.1 Å². The Kier molecular flexibility index (Phi) is 7.33. The van der Waals surface area contributed by atoms with Crippen molar-refractivity contribution in [2.45, 2.75) is 51.4 Å². The van der Waals surface area contributed by atoms with Gasteiger partial charge in [0.1, 0.15) is 5.73 Å². The summed E-state index contributed by atoms with van der Waals surface area (Å²) >= 11 is 0. The molecule has 0 aromatic rings. The third-order valence-corrected chi connectivity index (χ3v) is 7.20. The van der Waals surface area contributed by atoms with Crippen molar-refractivity contribution in [3.05, 3.63) is 12.7 Å². The summed E-state index contributed by atoms with van der Waals surface area (Å²) in [6, 6.07) is 0.947. The Morgan fingerprint density at radius 1 is 1.50 bits per heavy atom. The van der Waals surface area contributed by atoms with Crippen molar-refractivity contribution in [3.63, 3.8) is 0 Å².